The summed E-state index contributed by atoms with van der Waals surface area (Å²) in [6, 6.07) is 11.5. The lowest BCUT2D eigenvalue weighted by molar-refractivity contribution is 0.0925. The predicted molar refractivity (Wildman–Crippen MR) is 122 cm³/mol. The van der Waals surface area contributed by atoms with Crippen LogP contribution in [0.3, 0.4) is 0 Å². The molecule has 3 aromatic rings. The van der Waals surface area contributed by atoms with E-state index >= 15 is 0 Å². The molecule has 0 bridgehead atoms. The van der Waals surface area contributed by atoms with Gasteiger partial charge in [0.25, 0.3) is 21.8 Å². The van der Waals surface area contributed by atoms with Gasteiger partial charge in [0.1, 0.15) is 4.21 Å². The number of amides is 4. The molecule has 1 aromatic heterocycles. The SMILES string of the molecule is Cc1cc(NC(=O)NS(=O)(=O)c2ccc(Cl)s2)cc(C)c1N1C(=O)c2ccccc2C1=O. The molecule has 32 heavy (non-hydrogen) atoms. The third-order valence-corrected chi connectivity index (χ3v) is 7.86. The second-order valence-corrected chi connectivity index (χ2v) is 10.7. The largest absolute Gasteiger partial charge is 0.333 e. The molecule has 164 valence electrons. The van der Waals surface area contributed by atoms with E-state index in [1.54, 1.807) is 50.2 Å². The molecule has 0 saturated carbocycles. The zero-order chi connectivity index (χ0) is 23.2. The van der Waals surface area contributed by atoms with Gasteiger partial charge in [0.15, 0.2) is 0 Å². The van der Waals surface area contributed by atoms with Crippen molar-refractivity contribution >= 4 is 62.2 Å². The van der Waals surface area contributed by atoms with Gasteiger partial charge in [-0.15, -0.1) is 11.3 Å². The highest BCUT2D eigenvalue weighted by Gasteiger charge is 2.37. The molecule has 2 heterocycles. The van der Waals surface area contributed by atoms with E-state index in [1.807, 2.05) is 4.72 Å². The van der Waals surface area contributed by atoms with E-state index < -0.39 is 27.9 Å². The maximum Gasteiger partial charge on any atom is 0.333 e. The van der Waals surface area contributed by atoms with Gasteiger partial charge < -0.3 is 5.32 Å². The first-order valence-electron chi connectivity index (χ1n) is 9.26. The highest BCUT2D eigenvalue weighted by molar-refractivity contribution is 7.92. The van der Waals surface area contributed by atoms with E-state index in [0.29, 0.717) is 33.6 Å². The number of fused-ring (bicyclic) bond motifs is 1. The van der Waals surface area contributed by atoms with Gasteiger partial charge in [-0.1, -0.05) is 23.7 Å². The van der Waals surface area contributed by atoms with Gasteiger partial charge in [0, 0.05) is 5.69 Å². The fraction of sp³-hybridized carbons (Fsp3) is 0.0952. The van der Waals surface area contributed by atoms with E-state index in [9.17, 15) is 22.8 Å². The number of nitrogens with one attached hydrogen (secondary N) is 2. The number of thiophene rings is 1. The number of urea groups is 1. The van der Waals surface area contributed by atoms with Crippen LogP contribution >= 0.6 is 22.9 Å². The van der Waals surface area contributed by atoms with E-state index in [1.165, 1.54) is 12.1 Å². The Morgan fingerprint density at radius 1 is 0.969 bits per heavy atom. The molecular weight excluding hydrogens is 474 g/mol. The first kappa shape index (κ1) is 22.0. The molecule has 2 N–H and O–H groups in total. The summed E-state index contributed by atoms with van der Waals surface area (Å²) in [6.45, 7) is 3.39. The lowest BCUT2D eigenvalue weighted by Gasteiger charge is -2.20. The average Bonchev–Trinajstić information content (AvgIpc) is 3.25. The Balaban J connectivity index is 1.57. The van der Waals surface area contributed by atoms with Gasteiger partial charge in [0.2, 0.25) is 0 Å². The highest BCUT2D eigenvalue weighted by atomic mass is 35.5. The predicted octanol–water partition coefficient (Wildman–Crippen LogP) is 4.33. The molecule has 4 rings (SSSR count). The van der Waals surface area contributed by atoms with Crippen molar-refractivity contribution in [2.45, 2.75) is 18.1 Å². The molecule has 0 spiro atoms. The summed E-state index contributed by atoms with van der Waals surface area (Å²) in [6.07, 6.45) is 0. The molecule has 0 radical (unpaired) electrons. The first-order chi connectivity index (χ1) is 15.1. The Hall–Kier alpha value is -3.21. The monoisotopic (exact) mass is 489 g/mol. The van der Waals surface area contributed by atoms with Crippen LogP contribution < -0.4 is 14.9 Å². The molecule has 0 unspecified atom stereocenters. The Kier molecular flexibility index (Phi) is 5.53. The van der Waals surface area contributed by atoms with Crippen molar-refractivity contribution in [3.05, 3.63) is 75.1 Å². The summed E-state index contributed by atoms with van der Waals surface area (Å²) in [5, 5.41) is 2.47. The van der Waals surface area contributed by atoms with Crippen LogP contribution in [0.5, 0.6) is 0 Å². The number of halogens is 1. The number of carbonyl (C=O) groups is 3. The number of imide groups is 1. The Bertz CT molecular complexity index is 1340. The van der Waals surface area contributed by atoms with Gasteiger partial charge >= 0.3 is 6.03 Å². The second-order valence-electron chi connectivity index (χ2n) is 7.07. The van der Waals surface area contributed by atoms with Crippen molar-refractivity contribution in [2.24, 2.45) is 0 Å². The molecular formula is C21H16ClN3O5S2. The molecule has 0 atom stereocenters. The topological polar surface area (TPSA) is 113 Å². The van der Waals surface area contributed by atoms with Crippen LogP contribution in [-0.2, 0) is 10.0 Å². The van der Waals surface area contributed by atoms with Gasteiger partial charge in [-0.2, -0.15) is 0 Å². The number of carbonyl (C=O) groups excluding carboxylic acids is 3. The van der Waals surface area contributed by atoms with Crippen molar-refractivity contribution in [3.63, 3.8) is 0 Å². The lowest BCUT2D eigenvalue weighted by atomic mass is 10.1. The Labute approximate surface area is 192 Å². The highest BCUT2D eigenvalue weighted by Crippen LogP contribution is 2.34. The summed E-state index contributed by atoms with van der Waals surface area (Å²) < 4.78 is 26.7. The van der Waals surface area contributed by atoms with Crippen LogP contribution in [-0.4, -0.2) is 26.3 Å². The van der Waals surface area contributed by atoms with E-state index in [2.05, 4.69) is 5.32 Å². The summed E-state index contributed by atoms with van der Waals surface area (Å²) in [4.78, 5) is 39.0. The Morgan fingerprint density at radius 2 is 1.53 bits per heavy atom. The average molecular weight is 490 g/mol. The lowest BCUT2D eigenvalue weighted by Crippen LogP contribution is -2.34. The van der Waals surface area contributed by atoms with Crippen LogP contribution in [0.4, 0.5) is 16.2 Å². The normalized spacial score (nSPS) is 13.3. The molecule has 0 aliphatic carbocycles. The molecule has 0 fully saturated rings. The number of hydrogen-bond acceptors (Lipinski definition) is 6. The number of hydrogen-bond donors (Lipinski definition) is 2. The van der Waals surface area contributed by atoms with Gasteiger partial charge in [0.05, 0.1) is 21.2 Å². The number of sulfonamides is 1. The molecule has 1 aliphatic rings. The van der Waals surface area contributed by atoms with Crippen LogP contribution in [0.25, 0.3) is 0 Å². The molecule has 1 aliphatic heterocycles. The van der Waals surface area contributed by atoms with Crippen LogP contribution in [0.1, 0.15) is 31.8 Å². The number of aryl methyl sites for hydroxylation is 2. The fourth-order valence-corrected chi connectivity index (χ4v) is 5.93. The fourth-order valence-electron chi connectivity index (χ4n) is 3.54. The van der Waals surface area contributed by atoms with Gasteiger partial charge in [-0.25, -0.2) is 22.8 Å². The molecule has 4 amide bonds. The van der Waals surface area contributed by atoms with Gasteiger partial charge in [-0.3, -0.25) is 9.59 Å². The molecule has 11 heteroatoms. The number of benzene rings is 2. The minimum atomic E-state index is -4.07. The third-order valence-electron chi connectivity index (χ3n) is 4.81. The third kappa shape index (κ3) is 3.88. The first-order valence-corrected chi connectivity index (χ1v) is 11.9. The van der Waals surface area contributed by atoms with Crippen LogP contribution in [0.2, 0.25) is 4.34 Å². The smallest absolute Gasteiger partial charge is 0.307 e. The van der Waals surface area contributed by atoms with Crippen molar-refractivity contribution in [2.75, 3.05) is 10.2 Å². The maximum absolute atomic E-state index is 12.8. The molecule has 2 aromatic carbocycles. The number of anilines is 2. The summed E-state index contributed by atoms with van der Waals surface area (Å²) in [5.41, 5.74) is 2.50. The van der Waals surface area contributed by atoms with Crippen LogP contribution in [0.15, 0.2) is 52.7 Å². The number of rotatable bonds is 4. The van der Waals surface area contributed by atoms with Crippen molar-refractivity contribution in [1.29, 1.82) is 0 Å². The Morgan fingerprint density at radius 3 is 2.03 bits per heavy atom. The maximum atomic E-state index is 12.8. The van der Waals surface area contributed by atoms with Crippen molar-refractivity contribution < 1.29 is 22.8 Å². The summed E-state index contributed by atoms with van der Waals surface area (Å²) >= 11 is 6.58. The quantitative estimate of drug-likeness (QED) is 0.529. The second kappa shape index (κ2) is 8.05. The number of nitrogens with zero attached hydrogens (tertiary/aromatic N) is 1. The summed E-state index contributed by atoms with van der Waals surface area (Å²) in [5.74, 6) is -0.841. The van der Waals surface area contributed by atoms with Gasteiger partial charge in [-0.05, 0) is 61.4 Å². The zero-order valence-corrected chi connectivity index (χ0v) is 19.2. The van der Waals surface area contributed by atoms with E-state index in [0.717, 1.165) is 16.2 Å². The van der Waals surface area contributed by atoms with Crippen molar-refractivity contribution in [3.8, 4) is 0 Å². The minimum absolute atomic E-state index is 0.0917. The van der Waals surface area contributed by atoms with E-state index in [-0.39, 0.29) is 8.55 Å². The summed E-state index contributed by atoms with van der Waals surface area (Å²) in [7, 11) is -4.07. The van der Waals surface area contributed by atoms with E-state index in [4.69, 9.17) is 11.6 Å². The van der Waals surface area contributed by atoms with Crippen LogP contribution in [0, 0.1) is 13.8 Å². The minimum Gasteiger partial charge on any atom is -0.307 e. The molecule has 8 nitrogen and oxygen atoms in total. The van der Waals surface area contributed by atoms with Crippen molar-refractivity contribution in [1.82, 2.24) is 4.72 Å². The standard InChI is InChI=1S/C21H16ClN3O5S2/c1-11-9-13(23-21(28)24-32(29,30)17-8-7-16(22)31-17)10-12(2)18(11)25-19(26)14-5-3-4-6-15(14)20(25)27/h3-10H,1-2H3,(H2,23,24,28). The zero-order valence-electron chi connectivity index (χ0n) is 16.8. The molecule has 0 saturated heterocycles.